The van der Waals surface area contributed by atoms with Crippen molar-refractivity contribution in [1.29, 1.82) is 0 Å². The number of aliphatic hydroxyl groups is 1. The first-order valence-corrected chi connectivity index (χ1v) is 10.9. The van der Waals surface area contributed by atoms with Crippen LogP contribution >= 0.6 is 22.9 Å². The molecule has 5 nitrogen and oxygen atoms in total. The highest BCUT2D eigenvalue weighted by atomic mass is 35.5. The fraction of sp³-hybridized carbons (Fsp3) is 0.167. The molecule has 4 rings (SSSR count). The number of Topliss-reactive ketones (excluding diaryl/α,β-unsaturated/α-hetero) is 1. The highest BCUT2D eigenvalue weighted by molar-refractivity contribution is 7.09. The van der Waals surface area contributed by atoms with E-state index in [1.807, 2.05) is 36.6 Å². The van der Waals surface area contributed by atoms with Crippen LogP contribution in [-0.4, -0.2) is 28.8 Å². The van der Waals surface area contributed by atoms with E-state index in [-0.39, 0.29) is 17.9 Å². The van der Waals surface area contributed by atoms with Gasteiger partial charge in [0.2, 0.25) is 0 Å². The molecule has 1 unspecified atom stereocenters. The summed E-state index contributed by atoms with van der Waals surface area (Å²) in [5, 5.41) is 13.3. The number of likely N-dealkylation sites (tertiary alicyclic amines) is 1. The van der Waals surface area contributed by atoms with Gasteiger partial charge >= 0.3 is 0 Å². The zero-order valence-electron chi connectivity index (χ0n) is 17.0. The second-order valence-electron chi connectivity index (χ2n) is 7.27. The van der Waals surface area contributed by atoms with Gasteiger partial charge in [0.25, 0.3) is 11.7 Å². The van der Waals surface area contributed by atoms with Gasteiger partial charge in [-0.25, -0.2) is 0 Å². The van der Waals surface area contributed by atoms with Gasteiger partial charge in [-0.1, -0.05) is 53.6 Å². The Labute approximate surface area is 189 Å². The average Bonchev–Trinajstić information content (AvgIpc) is 3.36. The van der Waals surface area contributed by atoms with Gasteiger partial charge in [0.15, 0.2) is 0 Å². The first kappa shape index (κ1) is 21.2. The van der Waals surface area contributed by atoms with Crippen molar-refractivity contribution in [3.63, 3.8) is 0 Å². The van der Waals surface area contributed by atoms with Gasteiger partial charge in [0.1, 0.15) is 11.5 Å². The third kappa shape index (κ3) is 3.96. The summed E-state index contributed by atoms with van der Waals surface area (Å²) in [5.41, 5.74) is 2.17. The third-order valence-electron chi connectivity index (χ3n) is 5.26. The van der Waals surface area contributed by atoms with Gasteiger partial charge in [-0.3, -0.25) is 9.59 Å². The van der Waals surface area contributed by atoms with Crippen LogP contribution in [-0.2, 0) is 16.1 Å². The van der Waals surface area contributed by atoms with Crippen LogP contribution in [0.25, 0.3) is 5.76 Å². The van der Waals surface area contributed by atoms with E-state index in [4.69, 9.17) is 16.3 Å². The van der Waals surface area contributed by atoms with E-state index in [0.29, 0.717) is 21.9 Å². The number of hydrogen-bond acceptors (Lipinski definition) is 5. The molecule has 31 heavy (non-hydrogen) atoms. The number of carbonyl (C=O) groups is 2. The first-order chi connectivity index (χ1) is 14.9. The van der Waals surface area contributed by atoms with Crippen molar-refractivity contribution in [2.45, 2.75) is 19.5 Å². The number of hydrogen-bond donors (Lipinski definition) is 1. The summed E-state index contributed by atoms with van der Waals surface area (Å²) >= 11 is 7.84. The maximum Gasteiger partial charge on any atom is 0.295 e. The first-order valence-electron chi connectivity index (χ1n) is 9.62. The Kier molecular flexibility index (Phi) is 5.85. The molecule has 1 aromatic heterocycles. The number of methoxy groups -OCH3 is 1. The summed E-state index contributed by atoms with van der Waals surface area (Å²) in [6.07, 6.45) is 0. The molecule has 0 bridgehead atoms. The van der Waals surface area contributed by atoms with Crippen LogP contribution in [0.2, 0.25) is 5.02 Å². The smallest absolute Gasteiger partial charge is 0.295 e. The number of benzene rings is 2. The number of amides is 1. The maximum atomic E-state index is 13.1. The fourth-order valence-corrected chi connectivity index (χ4v) is 4.65. The van der Waals surface area contributed by atoms with E-state index in [1.54, 1.807) is 30.3 Å². The van der Waals surface area contributed by atoms with E-state index in [0.717, 1.165) is 10.4 Å². The molecule has 158 valence electrons. The van der Waals surface area contributed by atoms with Crippen molar-refractivity contribution in [2.24, 2.45) is 0 Å². The highest BCUT2D eigenvalue weighted by Gasteiger charge is 2.46. The molecule has 1 N–H and O–H groups in total. The van der Waals surface area contributed by atoms with Gasteiger partial charge in [-0.05, 0) is 36.1 Å². The summed E-state index contributed by atoms with van der Waals surface area (Å²) in [4.78, 5) is 28.5. The van der Waals surface area contributed by atoms with Crippen LogP contribution in [0.1, 0.15) is 27.6 Å². The molecule has 1 fully saturated rings. The molecule has 2 aromatic carbocycles. The van der Waals surface area contributed by atoms with Crippen molar-refractivity contribution in [3.05, 3.63) is 92.1 Å². The van der Waals surface area contributed by atoms with Crippen LogP contribution in [0.4, 0.5) is 0 Å². The lowest BCUT2D eigenvalue weighted by molar-refractivity contribution is -0.140. The summed E-state index contributed by atoms with van der Waals surface area (Å²) in [6.45, 7) is 2.18. The Morgan fingerprint density at radius 1 is 1.16 bits per heavy atom. The van der Waals surface area contributed by atoms with Crippen molar-refractivity contribution < 1.29 is 19.4 Å². The Bertz CT molecular complexity index is 1170. The minimum absolute atomic E-state index is 0.0478. The van der Waals surface area contributed by atoms with Gasteiger partial charge in [-0.2, -0.15) is 0 Å². The number of halogens is 1. The summed E-state index contributed by atoms with van der Waals surface area (Å²) in [7, 11) is 1.52. The number of aliphatic hydroxyl groups excluding tert-OH is 1. The molecule has 1 atom stereocenters. The molecule has 1 aliphatic heterocycles. The summed E-state index contributed by atoms with van der Waals surface area (Å²) in [5.74, 6) is -1.09. The van der Waals surface area contributed by atoms with Crippen LogP contribution in [0.15, 0.2) is 65.6 Å². The monoisotopic (exact) mass is 453 g/mol. The SMILES string of the molecule is COc1ccc(C2/C(=C(\O)c3ccc(C)cc3)C(=O)C(=O)N2Cc2cccs2)cc1Cl. The number of aryl methyl sites for hydroxylation is 1. The van der Waals surface area contributed by atoms with E-state index in [9.17, 15) is 14.7 Å². The van der Waals surface area contributed by atoms with Gasteiger partial charge in [0.05, 0.1) is 30.3 Å². The van der Waals surface area contributed by atoms with Crippen LogP contribution in [0.5, 0.6) is 5.75 Å². The van der Waals surface area contributed by atoms with Crippen molar-refractivity contribution in [3.8, 4) is 5.75 Å². The van der Waals surface area contributed by atoms with Gasteiger partial charge in [-0.15, -0.1) is 11.3 Å². The van der Waals surface area contributed by atoms with Crippen molar-refractivity contribution in [2.75, 3.05) is 7.11 Å². The van der Waals surface area contributed by atoms with E-state index in [2.05, 4.69) is 0 Å². The molecular weight excluding hydrogens is 434 g/mol. The van der Waals surface area contributed by atoms with Crippen LogP contribution < -0.4 is 4.74 Å². The van der Waals surface area contributed by atoms with Gasteiger partial charge in [0, 0.05) is 10.4 Å². The minimum atomic E-state index is -0.771. The average molecular weight is 454 g/mol. The van der Waals surface area contributed by atoms with Gasteiger partial charge < -0.3 is 14.7 Å². The Balaban J connectivity index is 1.88. The molecule has 0 spiro atoms. The quantitative estimate of drug-likeness (QED) is 0.321. The molecule has 0 aliphatic carbocycles. The minimum Gasteiger partial charge on any atom is -0.507 e. The topological polar surface area (TPSA) is 66.8 Å². The Hall–Kier alpha value is -3.09. The molecule has 2 heterocycles. The lowest BCUT2D eigenvalue weighted by Crippen LogP contribution is -2.28. The number of carbonyl (C=O) groups excluding carboxylic acids is 2. The number of thiophene rings is 1. The largest absolute Gasteiger partial charge is 0.507 e. The Morgan fingerprint density at radius 2 is 1.90 bits per heavy atom. The predicted octanol–water partition coefficient (Wildman–Crippen LogP) is 5.34. The number of nitrogens with zero attached hydrogens (tertiary/aromatic N) is 1. The molecule has 0 saturated carbocycles. The van der Waals surface area contributed by atoms with E-state index in [1.165, 1.54) is 23.3 Å². The van der Waals surface area contributed by atoms with Crippen LogP contribution in [0, 0.1) is 6.92 Å². The molecule has 1 aliphatic rings. The number of ether oxygens (including phenoxy) is 1. The number of rotatable bonds is 5. The third-order valence-corrected chi connectivity index (χ3v) is 6.42. The van der Waals surface area contributed by atoms with Crippen LogP contribution in [0.3, 0.4) is 0 Å². The predicted molar refractivity (Wildman–Crippen MR) is 121 cm³/mol. The lowest BCUT2D eigenvalue weighted by Gasteiger charge is -2.25. The molecule has 3 aromatic rings. The normalized spacial score (nSPS) is 17.9. The Morgan fingerprint density at radius 3 is 2.52 bits per heavy atom. The zero-order chi connectivity index (χ0) is 22.1. The zero-order valence-corrected chi connectivity index (χ0v) is 18.5. The lowest BCUT2D eigenvalue weighted by atomic mass is 9.95. The maximum absolute atomic E-state index is 13.1. The standard InChI is InChI=1S/C24H20ClNO4S/c1-14-5-7-15(8-6-14)22(27)20-21(16-9-10-19(30-2)18(25)12-16)26(24(29)23(20)28)13-17-4-3-11-31-17/h3-12,21,27H,13H2,1-2H3/b22-20+. The number of ketones is 1. The molecule has 7 heteroatoms. The molecular formula is C24H20ClNO4S. The fourth-order valence-electron chi connectivity index (χ4n) is 3.68. The molecule has 0 radical (unpaired) electrons. The van der Waals surface area contributed by atoms with Crippen molar-refractivity contribution in [1.82, 2.24) is 4.90 Å². The summed E-state index contributed by atoms with van der Waals surface area (Å²) in [6, 6.07) is 15.3. The summed E-state index contributed by atoms with van der Waals surface area (Å²) < 4.78 is 5.23. The molecule has 1 amide bonds. The van der Waals surface area contributed by atoms with Crippen molar-refractivity contribution >= 4 is 40.4 Å². The highest BCUT2D eigenvalue weighted by Crippen LogP contribution is 2.42. The van der Waals surface area contributed by atoms with E-state index < -0.39 is 17.7 Å². The molecule has 1 saturated heterocycles. The second kappa shape index (κ2) is 8.57. The van der Waals surface area contributed by atoms with E-state index >= 15 is 0 Å². The second-order valence-corrected chi connectivity index (χ2v) is 8.71.